The number of nitrogens with zero attached hydrogens (tertiary/aromatic N) is 1. The standard InChI is InChI=1S/C10H13N3O4S2/c1-5-7(3-9(16)17)19-10(11-5)18-4-8(15)13-12-6(2)14/h3-4H2,1-2H3,(H,12,14)(H,13,15)(H,16,17). The van der Waals surface area contributed by atoms with E-state index in [1.54, 1.807) is 6.92 Å². The van der Waals surface area contributed by atoms with Gasteiger partial charge in [-0.2, -0.15) is 0 Å². The van der Waals surface area contributed by atoms with E-state index in [0.717, 1.165) is 0 Å². The van der Waals surface area contributed by atoms with Gasteiger partial charge in [0.25, 0.3) is 0 Å². The van der Waals surface area contributed by atoms with Crippen LogP contribution < -0.4 is 10.9 Å². The fraction of sp³-hybridized carbons (Fsp3) is 0.400. The van der Waals surface area contributed by atoms with Gasteiger partial charge in [-0.25, -0.2) is 4.98 Å². The number of rotatable bonds is 5. The van der Waals surface area contributed by atoms with Crippen LogP contribution in [0.5, 0.6) is 0 Å². The molecule has 3 N–H and O–H groups in total. The molecule has 0 aromatic carbocycles. The number of carbonyl (C=O) groups is 3. The molecule has 1 rings (SSSR count). The van der Waals surface area contributed by atoms with Gasteiger partial charge in [0.2, 0.25) is 11.8 Å². The number of carbonyl (C=O) groups excluding carboxylic acids is 2. The van der Waals surface area contributed by atoms with Crippen molar-refractivity contribution in [3.63, 3.8) is 0 Å². The number of nitrogens with one attached hydrogen (secondary N) is 2. The summed E-state index contributed by atoms with van der Waals surface area (Å²) in [6.45, 7) is 3.02. The summed E-state index contributed by atoms with van der Waals surface area (Å²) in [6.07, 6.45) is -0.0673. The molecule has 104 valence electrons. The van der Waals surface area contributed by atoms with Crippen molar-refractivity contribution >= 4 is 40.9 Å². The van der Waals surface area contributed by atoms with Crippen LogP contribution in [-0.2, 0) is 20.8 Å². The third-order valence-corrected chi connectivity index (χ3v) is 4.19. The van der Waals surface area contributed by atoms with Gasteiger partial charge in [0.05, 0.1) is 17.9 Å². The van der Waals surface area contributed by atoms with E-state index >= 15 is 0 Å². The molecule has 0 saturated carbocycles. The Labute approximate surface area is 117 Å². The zero-order valence-corrected chi connectivity index (χ0v) is 12.0. The maximum Gasteiger partial charge on any atom is 0.308 e. The van der Waals surface area contributed by atoms with Crippen LogP contribution >= 0.6 is 23.1 Å². The molecule has 1 aromatic heterocycles. The smallest absolute Gasteiger partial charge is 0.308 e. The number of carboxylic acids is 1. The molecule has 9 heteroatoms. The van der Waals surface area contributed by atoms with Gasteiger partial charge in [0.1, 0.15) is 0 Å². The van der Waals surface area contributed by atoms with E-state index in [0.29, 0.717) is 14.9 Å². The SMILES string of the molecule is CC(=O)NNC(=O)CSc1nc(C)c(CC(=O)O)s1. The molecule has 0 unspecified atom stereocenters. The molecule has 0 radical (unpaired) electrons. The number of hydrogen-bond donors (Lipinski definition) is 3. The van der Waals surface area contributed by atoms with Gasteiger partial charge >= 0.3 is 5.97 Å². The lowest BCUT2D eigenvalue weighted by molar-refractivity contribution is -0.136. The lowest BCUT2D eigenvalue weighted by Crippen LogP contribution is -2.41. The Morgan fingerprint density at radius 2 is 2.05 bits per heavy atom. The minimum Gasteiger partial charge on any atom is -0.481 e. The number of thioether (sulfide) groups is 1. The molecule has 0 saturated heterocycles. The highest BCUT2D eigenvalue weighted by molar-refractivity contribution is 8.01. The van der Waals surface area contributed by atoms with Crippen LogP contribution in [0.25, 0.3) is 0 Å². The number of aryl methyl sites for hydroxylation is 1. The van der Waals surface area contributed by atoms with Gasteiger partial charge in [-0.15, -0.1) is 11.3 Å². The Morgan fingerprint density at radius 1 is 1.37 bits per heavy atom. The van der Waals surface area contributed by atoms with Crippen molar-refractivity contribution in [3.05, 3.63) is 10.6 Å². The van der Waals surface area contributed by atoms with Crippen molar-refractivity contribution in [2.24, 2.45) is 0 Å². The molecule has 0 aliphatic rings. The van der Waals surface area contributed by atoms with E-state index in [1.807, 2.05) is 0 Å². The predicted octanol–water partition coefficient (Wildman–Crippen LogP) is 0.338. The van der Waals surface area contributed by atoms with E-state index in [2.05, 4.69) is 15.8 Å². The average Bonchev–Trinajstić information content (AvgIpc) is 2.64. The third kappa shape index (κ3) is 5.71. The van der Waals surface area contributed by atoms with Crippen LogP contribution in [0.1, 0.15) is 17.5 Å². The maximum absolute atomic E-state index is 11.3. The third-order valence-electron chi connectivity index (χ3n) is 1.89. The highest BCUT2D eigenvalue weighted by Gasteiger charge is 2.12. The van der Waals surface area contributed by atoms with Crippen LogP contribution in [0.15, 0.2) is 4.34 Å². The van der Waals surface area contributed by atoms with E-state index in [4.69, 9.17) is 5.11 Å². The average molecular weight is 303 g/mol. The second-order valence-electron chi connectivity index (χ2n) is 3.58. The molecule has 1 heterocycles. The minimum absolute atomic E-state index is 0.0673. The van der Waals surface area contributed by atoms with Gasteiger partial charge < -0.3 is 5.11 Å². The molecule has 0 fully saturated rings. The summed E-state index contributed by atoms with van der Waals surface area (Å²) in [5.41, 5.74) is 5.07. The number of carboxylic acid groups (broad SMARTS) is 1. The normalized spacial score (nSPS) is 10.0. The lowest BCUT2D eigenvalue weighted by atomic mass is 10.3. The Balaban J connectivity index is 2.47. The van der Waals surface area contributed by atoms with Crippen LogP contribution in [0, 0.1) is 6.92 Å². The van der Waals surface area contributed by atoms with Crippen molar-refractivity contribution in [2.75, 3.05) is 5.75 Å². The molecule has 0 bridgehead atoms. The summed E-state index contributed by atoms with van der Waals surface area (Å²) in [5.74, 6) is -1.52. The Kier molecular flexibility index (Phi) is 5.77. The van der Waals surface area contributed by atoms with Crippen LogP contribution in [0.2, 0.25) is 0 Å². The van der Waals surface area contributed by atoms with Gasteiger partial charge in [-0.05, 0) is 6.92 Å². The van der Waals surface area contributed by atoms with Crippen LogP contribution in [-0.4, -0.2) is 33.6 Å². The minimum atomic E-state index is -0.910. The van der Waals surface area contributed by atoms with Crippen molar-refractivity contribution in [1.29, 1.82) is 0 Å². The molecule has 0 aliphatic carbocycles. The fourth-order valence-electron chi connectivity index (χ4n) is 1.09. The van der Waals surface area contributed by atoms with Crippen molar-refractivity contribution in [2.45, 2.75) is 24.6 Å². The molecular weight excluding hydrogens is 290 g/mol. The number of aromatic nitrogens is 1. The highest BCUT2D eigenvalue weighted by Crippen LogP contribution is 2.27. The van der Waals surface area contributed by atoms with E-state index in [9.17, 15) is 14.4 Å². The van der Waals surface area contributed by atoms with Gasteiger partial charge in [-0.3, -0.25) is 25.2 Å². The Morgan fingerprint density at radius 3 is 2.63 bits per heavy atom. The fourth-order valence-corrected chi connectivity index (χ4v) is 3.11. The first-order valence-corrected chi connectivity index (χ1v) is 7.05. The second kappa shape index (κ2) is 7.10. The van der Waals surface area contributed by atoms with Crippen LogP contribution in [0.3, 0.4) is 0 Å². The predicted molar refractivity (Wildman–Crippen MR) is 70.9 cm³/mol. The van der Waals surface area contributed by atoms with E-state index < -0.39 is 5.97 Å². The number of hydrogen-bond acceptors (Lipinski definition) is 6. The summed E-state index contributed by atoms with van der Waals surface area (Å²) in [5, 5.41) is 8.71. The molecule has 19 heavy (non-hydrogen) atoms. The van der Waals surface area contributed by atoms with Crippen molar-refractivity contribution in [1.82, 2.24) is 15.8 Å². The Bertz CT molecular complexity index is 501. The first-order chi connectivity index (χ1) is 8.88. The van der Waals surface area contributed by atoms with Gasteiger partial charge in [0.15, 0.2) is 4.34 Å². The first-order valence-electron chi connectivity index (χ1n) is 5.24. The molecule has 0 atom stereocenters. The maximum atomic E-state index is 11.3. The van der Waals surface area contributed by atoms with Crippen molar-refractivity contribution in [3.8, 4) is 0 Å². The zero-order valence-electron chi connectivity index (χ0n) is 10.3. The zero-order chi connectivity index (χ0) is 14.4. The Hall–Kier alpha value is -1.61. The summed E-state index contributed by atoms with van der Waals surface area (Å²) >= 11 is 2.45. The summed E-state index contributed by atoms with van der Waals surface area (Å²) in [4.78, 5) is 37.4. The first kappa shape index (κ1) is 15.4. The number of aliphatic carboxylic acids is 1. The number of amides is 2. The molecular formula is C10H13N3O4S2. The highest BCUT2D eigenvalue weighted by atomic mass is 32.2. The molecule has 1 aromatic rings. The second-order valence-corrected chi connectivity index (χ2v) is 5.88. The summed E-state index contributed by atoms with van der Waals surface area (Å²) in [7, 11) is 0. The summed E-state index contributed by atoms with van der Waals surface area (Å²) < 4.78 is 0.631. The molecule has 7 nitrogen and oxygen atoms in total. The van der Waals surface area contributed by atoms with E-state index in [-0.39, 0.29) is 24.0 Å². The van der Waals surface area contributed by atoms with Gasteiger partial charge in [-0.1, -0.05) is 11.8 Å². The lowest BCUT2D eigenvalue weighted by Gasteiger charge is -2.02. The van der Waals surface area contributed by atoms with E-state index in [1.165, 1.54) is 30.0 Å². The van der Waals surface area contributed by atoms with Crippen LogP contribution in [0.4, 0.5) is 0 Å². The van der Waals surface area contributed by atoms with Crippen molar-refractivity contribution < 1.29 is 19.5 Å². The number of hydrazine groups is 1. The molecule has 0 spiro atoms. The van der Waals surface area contributed by atoms with Gasteiger partial charge in [0, 0.05) is 11.8 Å². The quantitative estimate of drug-likeness (QED) is 0.534. The number of thiazole rings is 1. The molecule has 0 aliphatic heterocycles. The summed E-state index contributed by atoms with van der Waals surface area (Å²) in [6, 6.07) is 0. The largest absolute Gasteiger partial charge is 0.481 e. The monoisotopic (exact) mass is 303 g/mol. The molecule has 2 amide bonds. The topological polar surface area (TPSA) is 108 Å².